The predicted molar refractivity (Wildman–Crippen MR) is 80.0 cm³/mol. The van der Waals surface area contributed by atoms with E-state index in [1.807, 2.05) is 13.1 Å². The monoisotopic (exact) mass is 257 g/mol. The number of rotatable bonds is 5. The number of aromatic nitrogens is 2. The van der Waals surface area contributed by atoms with Crippen molar-refractivity contribution in [2.45, 2.75) is 46.2 Å². The Balaban J connectivity index is 2.22. The molecule has 0 amide bonds. The second-order valence-electron chi connectivity index (χ2n) is 5.25. The number of benzene rings is 1. The molecule has 102 valence electrons. The average Bonchev–Trinajstić information content (AvgIpc) is 2.72. The molecule has 0 bridgehead atoms. The molecule has 0 aliphatic heterocycles. The van der Waals surface area contributed by atoms with E-state index in [2.05, 4.69) is 47.9 Å². The molecule has 0 saturated carbocycles. The van der Waals surface area contributed by atoms with Crippen molar-refractivity contribution in [2.24, 2.45) is 5.73 Å². The normalized spacial score (nSPS) is 12.6. The summed E-state index contributed by atoms with van der Waals surface area (Å²) in [6.07, 6.45) is 4.00. The number of nitrogens with two attached hydrogens (primary N) is 1. The van der Waals surface area contributed by atoms with Crippen molar-refractivity contribution >= 4 is 0 Å². The fourth-order valence-electron chi connectivity index (χ4n) is 2.36. The Labute approximate surface area is 115 Å². The minimum atomic E-state index is 0.208. The summed E-state index contributed by atoms with van der Waals surface area (Å²) in [5.41, 5.74) is 10.8. The topological polar surface area (TPSA) is 43.8 Å². The van der Waals surface area contributed by atoms with Gasteiger partial charge in [0.05, 0.1) is 6.20 Å². The van der Waals surface area contributed by atoms with Gasteiger partial charge in [-0.3, -0.25) is 4.68 Å². The van der Waals surface area contributed by atoms with E-state index in [0.29, 0.717) is 0 Å². The molecule has 0 aliphatic carbocycles. The molecule has 1 unspecified atom stereocenters. The Morgan fingerprint density at radius 2 is 1.95 bits per heavy atom. The molecule has 3 heteroatoms. The number of aryl methyl sites for hydroxylation is 1. The van der Waals surface area contributed by atoms with Gasteiger partial charge in [0.15, 0.2) is 0 Å². The Bertz CT molecular complexity index is 523. The molecule has 0 aliphatic rings. The second kappa shape index (κ2) is 6.02. The summed E-state index contributed by atoms with van der Waals surface area (Å²) in [5, 5.41) is 4.45. The molecule has 3 nitrogen and oxygen atoms in total. The van der Waals surface area contributed by atoms with E-state index in [0.717, 1.165) is 19.4 Å². The van der Waals surface area contributed by atoms with Crippen LogP contribution >= 0.6 is 0 Å². The van der Waals surface area contributed by atoms with Crippen molar-refractivity contribution in [1.82, 2.24) is 9.78 Å². The molecule has 1 aromatic heterocycles. The quantitative estimate of drug-likeness (QED) is 0.894. The summed E-state index contributed by atoms with van der Waals surface area (Å²) in [7, 11) is 0. The maximum absolute atomic E-state index is 5.82. The maximum Gasteiger partial charge on any atom is 0.0571 e. The molecule has 0 spiro atoms. The van der Waals surface area contributed by atoms with E-state index < -0.39 is 0 Å². The Kier molecular flexibility index (Phi) is 4.38. The molecule has 1 atom stereocenters. The summed E-state index contributed by atoms with van der Waals surface area (Å²) in [4.78, 5) is 0. The van der Waals surface area contributed by atoms with Crippen molar-refractivity contribution in [2.75, 3.05) is 0 Å². The summed E-state index contributed by atoms with van der Waals surface area (Å²) >= 11 is 0. The lowest BCUT2D eigenvalue weighted by Gasteiger charge is -2.07. The lowest BCUT2D eigenvalue weighted by atomic mass is 10.0. The molecular formula is C16H23N3. The maximum atomic E-state index is 5.82. The summed E-state index contributed by atoms with van der Waals surface area (Å²) in [5.74, 6) is 0. The van der Waals surface area contributed by atoms with Crippen molar-refractivity contribution in [3.63, 3.8) is 0 Å². The van der Waals surface area contributed by atoms with Crippen molar-refractivity contribution in [3.8, 4) is 11.1 Å². The predicted octanol–water partition coefficient (Wildman–Crippen LogP) is 3.16. The first-order valence-corrected chi connectivity index (χ1v) is 6.99. The molecule has 1 aromatic carbocycles. The van der Waals surface area contributed by atoms with Crippen LogP contribution in [0.2, 0.25) is 0 Å². The first kappa shape index (κ1) is 13.8. The zero-order valence-electron chi connectivity index (χ0n) is 12.1. The van der Waals surface area contributed by atoms with Gasteiger partial charge in [0, 0.05) is 23.8 Å². The lowest BCUT2D eigenvalue weighted by Crippen LogP contribution is -2.17. The third kappa shape index (κ3) is 3.24. The Morgan fingerprint density at radius 3 is 2.53 bits per heavy atom. The van der Waals surface area contributed by atoms with Gasteiger partial charge in [-0.2, -0.15) is 5.10 Å². The van der Waals surface area contributed by atoms with Crippen LogP contribution in [0.1, 0.15) is 31.5 Å². The third-order valence-corrected chi connectivity index (χ3v) is 3.36. The van der Waals surface area contributed by atoms with Crippen LogP contribution in [0, 0.1) is 6.92 Å². The van der Waals surface area contributed by atoms with Crippen molar-refractivity contribution in [1.29, 1.82) is 0 Å². The highest BCUT2D eigenvalue weighted by atomic mass is 15.3. The molecule has 2 N–H and O–H groups in total. The van der Waals surface area contributed by atoms with Gasteiger partial charge in [0.25, 0.3) is 0 Å². The van der Waals surface area contributed by atoms with E-state index in [-0.39, 0.29) is 6.04 Å². The van der Waals surface area contributed by atoms with Gasteiger partial charge < -0.3 is 5.73 Å². The number of nitrogens with zero attached hydrogens (tertiary/aromatic N) is 2. The average molecular weight is 257 g/mol. The molecule has 0 fully saturated rings. The molecule has 2 rings (SSSR count). The number of hydrogen-bond acceptors (Lipinski definition) is 2. The van der Waals surface area contributed by atoms with Crippen LogP contribution in [-0.4, -0.2) is 15.8 Å². The zero-order chi connectivity index (χ0) is 13.8. The highest BCUT2D eigenvalue weighted by molar-refractivity contribution is 5.65. The minimum absolute atomic E-state index is 0.208. The van der Waals surface area contributed by atoms with Crippen LogP contribution in [0.15, 0.2) is 30.5 Å². The van der Waals surface area contributed by atoms with Crippen LogP contribution in [0.4, 0.5) is 0 Å². The molecule has 19 heavy (non-hydrogen) atoms. The van der Waals surface area contributed by atoms with Gasteiger partial charge in [0.2, 0.25) is 0 Å². The zero-order valence-corrected chi connectivity index (χ0v) is 12.1. The highest BCUT2D eigenvalue weighted by Gasteiger charge is 2.08. The van der Waals surface area contributed by atoms with Gasteiger partial charge in [-0.1, -0.05) is 31.2 Å². The standard InChI is InChI=1S/C16H23N3/c1-4-9-19-13(3)16(11-18-19)15-7-5-14(6-8-15)10-12(2)17/h5-8,11-12H,4,9-10,17H2,1-3H3. The largest absolute Gasteiger partial charge is 0.328 e. The first-order valence-electron chi connectivity index (χ1n) is 6.99. The smallest absolute Gasteiger partial charge is 0.0571 e. The van der Waals surface area contributed by atoms with Gasteiger partial charge in [0.1, 0.15) is 0 Å². The molecule has 1 heterocycles. The Hall–Kier alpha value is -1.61. The molecular weight excluding hydrogens is 234 g/mol. The van der Waals surface area contributed by atoms with E-state index in [1.54, 1.807) is 0 Å². The molecule has 0 saturated heterocycles. The third-order valence-electron chi connectivity index (χ3n) is 3.36. The van der Waals surface area contributed by atoms with Crippen molar-refractivity contribution in [3.05, 3.63) is 41.7 Å². The van der Waals surface area contributed by atoms with Crippen molar-refractivity contribution < 1.29 is 0 Å². The van der Waals surface area contributed by atoms with Crippen LogP contribution < -0.4 is 5.73 Å². The van der Waals surface area contributed by atoms with E-state index in [9.17, 15) is 0 Å². The van der Waals surface area contributed by atoms with E-state index in [1.165, 1.54) is 22.4 Å². The fourth-order valence-corrected chi connectivity index (χ4v) is 2.36. The van der Waals surface area contributed by atoms with Gasteiger partial charge in [-0.25, -0.2) is 0 Å². The SMILES string of the molecule is CCCn1ncc(-c2ccc(CC(C)N)cc2)c1C. The van der Waals surface area contributed by atoms with Crippen LogP contribution in [0.5, 0.6) is 0 Å². The number of hydrogen-bond donors (Lipinski definition) is 1. The van der Waals surface area contributed by atoms with Crippen LogP contribution in [0.3, 0.4) is 0 Å². The summed E-state index contributed by atoms with van der Waals surface area (Å²) in [6, 6.07) is 8.86. The van der Waals surface area contributed by atoms with Gasteiger partial charge >= 0.3 is 0 Å². The van der Waals surface area contributed by atoms with E-state index in [4.69, 9.17) is 5.73 Å². The minimum Gasteiger partial charge on any atom is -0.328 e. The lowest BCUT2D eigenvalue weighted by molar-refractivity contribution is 0.587. The van der Waals surface area contributed by atoms with E-state index >= 15 is 0 Å². The molecule has 2 aromatic rings. The fraction of sp³-hybridized carbons (Fsp3) is 0.438. The summed E-state index contributed by atoms with van der Waals surface area (Å²) < 4.78 is 2.07. The second-order valence-corrected chi connectivity index (χ2v) is 5.25. The Morgan fingerprint density at radius 1 is 1.26 bits per heavy atom. The highest BCUT2D eigenvalue weighted by Crippen LogP contribution is 2.23. The van der Waals surface area contributed by atoms with Crippen LogP contribution in [0.25, 0.3) is 11.1 Å². The van der Waals surface area contributed by atoms with Gasteiger partial charge in [-0.15, -0.1) is 0 Å². The van der Waals surface area contributed by atoms with Gasteiger partial charge in [-0.05, 0) is 37.8 Å². The first-order chi connectivity index (χ1) is 9.11. The van der Waals surface area contributed by atoms with Crippen LogP contribution in [-0.2, 0) is 13.0 Å². The summed E-state index contributed by atoms with van der Waals surface area (Å²) in [6.45, 7) is 7.32. The molecule has 0 radical (unpaired) electrons.